The van der Waals surface area contributed by atoms with Gasteiger partial charge in [0.2, 0.25) is 0 Å². The van der Waals surface area contributed by atoms with Crippen LogP contribution >= 0.6 is 0 Å². The summed E-state index contributed by atoms with van der Waals surface area (Å²) < 4.78 is 10.2. The number of ether oxygens (including phenoxy) is 1. The molecule has 3 aromatic heterocycles. The number of carbonyl (C=O) groups is 1. The van der Waals surface area contributed by atoms with Gasteiger partial charge in [0.1, 0.15) is 11.7 Å². The fourth-order valence-corrected chi connectivity index (χ4v) is 3.89. The molecule has 0 aliphatic carbocycles. The van der Waals surface area contributed by atoms with Gasteiger partial charge in [-0.25, -0.2) is 9.67 Å². The van der Waals surface area contributed by atoms with Crippen LogP contribution in [0.3, 0.4) is 0 Å². The molecule has 0 unspecified atom stereocenters. The molecule has 0 bridgehead atoms. The van der Waals surface area contributed by atoms with Gasteiger partial charge in [0, 0.05) is 30.6 Å². The van der Waals surface area contributed by atoms with Gasteiger partial charge >= 0.3 is 0 Å². The van der Waals surface area contributed by atoms with E-state index in [1.54, 1.807) is 11.8 Å². The number of benzene rings is 1. The lowest BCUT2D eigenvalue weighted by Gasteiger charge is -2.09. The van der Waals surface area contributed by atoms with E-state index < -0.39 is 0 Å². The molecule has 8 heteroatoms. The van der Waals surface area contributed by atoms with Crippen molar-refractivity contribution in [2.45, 2.75) is 33.9 Å². The van der Waals surface area contributed by atoms with Crippen molar-refractivity contribution in [3.8, 4) is 5.69 Å². The number of aryl methyl sites for hydroxylation is 2. The van der Waals surface area contributed by atoms with E-state index in [1.807, 2.05) is 55.7 Å². The minimum absolute atomic E-state index is 0.0775. The maximum Gasteiger partial charge on any atom is 0.264 e. The van der Waals surface area contributed by atoms with Gasteiger partial charge in [0.15, 0.2) is 11.4 Å². The number of nitrogens with zero attached hydrogens (tertiary/aromatic N) is 5. The van der Waals surface area contributed by atoms with Crippen LogP contribution in [0.2, 0.25) is 0 Å². The van der Waals surface area contributed by atoms with Crippen LogP contribution in [0.25, 0.3) is 16.7 Å². The number of para-hydroxylation sites is 1. The van der Waals surface area contributed by atoms with Crippen LogP contribution in [0, 0.1) is 20.8 Å². The zero-order chi connectivity index (χ0) is 22.1. The molecule has 0 aliphatic heterocycles. The third-order valence-corrected chi connectivity index (χ3v) is 5.61. The monoisotopic (exact) mass is 419 g/mol. The highest BCUT2D eigenvalue weighted by atomic mass is 16.5. The fourth-order valence-electron chi connectivity index (χ4n) is 3.89. The summed E-state index contributed by atoms with van der Waals surface area (Å²) in [6, 6.07) is 9.63. The van der Waals surface area contributed by atoms with Crippen LogP contribution in [0.4, 0.5) is 0 Å². The highest BCUT2D eigenvalue weighted by Gasteiger charge is 2.18. The Hall–Kier alpha value is -3.52. The Bertz CT molecular complexity index is 1330. The molecule has 3 heterocycles. The molecule has 31 heavy (non-hydrogen) atoms. The van der Waals surface area contributed by atoms with Gasteiger partial charge in [-0.2, -0.15) is 5.10 Å². The number of methoxy groups -OCH3 is 1. The van der Waals surface area contributed by atoms with Gasteiger partial charge in [0.05, 0.1) is 25.0 Å². The molecule has 0 aliphatic rings. The second-order valence-corrected chi connectivity index (χ2v) is 7.61. The molecule has 4 rings (SSSR count). The molecule has 0 atom stereocenters. The maximum absolute atomic E-state index is 13.0. The topological polar surface area (TPSA) is 83.9 Å². The number of Topliss-reactive ketones (excluding diaryl/α,β-unsaturated/α-hetero) is 1. The highest BCUT2D eigenvalue weighted by Crippen LogP contribution is 2.18. The summed E-state index contributed by atoms with van der Waals surface area (Å²) in [4.78, 5) is 30.4. The Morgan fingerprint density at radius 2 is 1.94 bits per heavy atom. The van der Waals surface area contributed by atoms with Gasteiger partial charge in [-0.1, -0.05) is 18.2 Å². The van der Waals surface area contributed by atoms with Gasteiger partial charge in [0.25, 0.3) is 5.56 Å². The third kappa shape index (κ3) is 3.70. The van der Waals surface area contributed by atoms with Crippen molar-refractivity contribution in [1.29, 1.82) is 0 Å². The van der Waals surface area contributed by atoms with Crippen LogP contribution in [0.15, 0.2) is 47.7 Å². The molecule has 0 saturated carbocycles. The number of rotatable bonds is 7. The lowest BCUT2D eigenvalue weighted by molar-refractivity contribution is 0.0969. The number of hydrogen-bond donors (Lipinski definition) is 0. The average molecular weight is 419 g/mol. The van der Waals surface area contributed by atoms with E-state index >= 15 is 0 Å². The van der Waals surface area contributed by atoms with Gasteiger partial charge in [-0.05, 0) is 38.5 Å². The van der Waals surface area contributed by atoms with Crippen LogP contribution in [-0.4, -0.2) is 43.4 Å². The maximum atomic E-state index is 13.0. The molecule has 0 spiro atoms. The van der Waals surface area contributed by atoms with Crippen LogP contribution in [0.5, 0.6) is 0 Å². The normalized spacial score (nSPS) is 11.4. The smallest absolute Gasteiger partial charge is 0.264 e. The Kier molecular flexibility index (Phi) is 5.56. The molecule has 4 aromatic rings. The quantitative estimate of drug-likeness (QED) is 0.430. The summed E-state index contributed by atoms with van der Waals surface area (Å²) in [5.74, 6) is -0.133. The number of fused-ring (bicyclic) bond motifs is 1. The van der Waals surface area contributed by atoms with E-state index in [4.69, 9.17) is 4.74 Å². The average Bonchev–Trinajstić information content (AvgIpc) is 3.30. The summed E-state index contributed by atoms with van der Waals surface area (Å²) >= 11 is 0. The lowest BCUT2D eigenvalue weighted by atomic mass is 10.1. The van der Waals surface area contributed by atoms with Crippen molar-refractivity contribution in [3.05, 3.63) is 75.7 Å². The molecular weight excluding hydrogens is 394 g/mol. The highest BCUT2D eigenvalue weighted by molar-refractivity contribution is 5.97. The Morgan fingerprint density at radius 3 is 2.68 bits per heavy atom. The van der Waals surface area contributed by atoms with Gasteiger partial charge in [-0.3, -0.25) is 14.2 Å². The molecule has 0 radical (unpaired) electrons. The van der Waals surface area contributed by atoms with Crippen molar-refractivity contribution in [1.82, 2.24) is 23.9 Å². The molecule has 1 aromatic carbocycles. The van der Waals surface area contributed by atoms with E-state index in [1.165, 1.54) is 17.1 Å². The van der Waals surface area contributed by atoms with E-state index in [2.05, 4.69) is 10.1 Å². The largest absolute Gasteiger partial charge is 0.383 e. The van der Waals surface area contributed by atoms with E-state index in [-0.39, 0.29) is 17.9 Å². The predicted octanol–water partition coefficient (Wildman–Crippen LogP) is 2.84. The second-order valence-electron chi connectivity index (χ2n) is 7.61. The Morgan fingerprint density at radius 1 is 1.16 bits per heavy atom. The van der Waals surface area contributed by atoms with E-state index in [0.29, 0.717) is 29.7 Å². The first-order valence-corrected chi connectivity index (χ1v) is 10.1. The van der Waals surface area contributed by atoms with Gasteiger partial charge < -0.3 is 9.30 Å². The summed E-state index contributed by atoms with van der Waals surface area (Å²) in [5, 5.41) is 4.74. The zero-order valence-corrected chi connectivity index (χ0v) is 18.1. The molecule has 0 saturated heterocycles. The molecule has 0 N–H and O–H groups in total. The summed E-state index contributed by atoms with van der Waals surface area (Å²) in [6.45, 7) is 7.01. The summed E-state index contributed by atoms with van der Waals surface area (Å²) in [6.07, 6.45) is 2.93. The van der Waals surface area contributed by atoms with Crippen LogP contribution in [0.1, 0.15) is 27.3 Å². The Labute approximate surface area is 179 Å². The molecule has 160 valence electrons. The zero-order valence-electron chi connectivity index (χ0n) is 18.1. The number of aromatic nitrogens is 5. The number of carbonyl (C=O) groups excluding carboxylic acids is 1. The fraction of sp³-hybridized carbons (Fsp3) is 0.304. The predicted molar refractivity (Wildman–Crippen MR) is 118 cm³/mol. The molecular formula is C23H25N5O3. The van der Waals surface area contributed by atoms with E-state index in [9.17, 15) is 9.59 Å². The summed E-state index contributed by atoms with van der Waals surface area (Å²) in [5.41, 5.74) is 4.54. The summed E-state index contributed by atoms with van der Waals surface area (Å²) in [7, 11) is 1.65. The minimum Gasteiger partial charge on any atom is -0.383 e. The van der Waals surface area contributed by atoms with Crippen LogP contribution < -0.4 is 5.56 Å². The van der Waals surface area contributed by atoms with Crippen molar-refractivity contribution < 1.29 is 9.53 Å². The first-order valence-electron chi connectivity index (χ1n) is 10.1. The first-order chi connectivity index (χ1) is 14.9. The molecule has 8 nitrogen and oxygen atoms in total. The first kappa shape index (κ1) is 20.7. The molecule has 0 fully saturated rings. The molecule has 0 amide bonds. The van der Waals surface area contributed by atoms with Crippen molar-refractivity contribution in [3.63, 3.8) is 0 Å². The number of hydrogen-bond acceptors (Lipinski definition) is 5. The van der Waals surface area contributed by atoms with Crippen molar-refractivity contribution in [2.75, 3.05) is 13.7 Å². The SMILES string of the molecule is COCCn1c(C)cc(C(=O)Cn2cnc3c(cnn3-c3ccccc3C)c2=O)c1C. The second kappa shape index (κ2) is 8.31. The lowest BCUT2D eigenvalue weighted by Crippen LogP contribution is -2.25. The van der Waals surface area contributed by atoms with E-state index in [0.717, 1.165) is 22.6 Å². The van der Waals surface area contributed by atoms with Crippen LogP contribution in [-0.2, 0) is 17.8 Å². The third-order valence-electron chi connectivity index (χ3n) is 5.61. The van der Waals surface area contributed by atoms with Crippen molar-refractivity contribution in [2.24, 2.45) is 0 Å². The Balaban J connectivity index is 1.66. The van der Waals surface area contributed by atoms with Crippen molar-refractivity contribution >= 4 is 16.8 Å². The van der Waals surface area contributed by atoms with Gasteiger partial charge in [-0.15, -0.1) is 0 Å². The number of ketones is 1. The minimum atomic E-state index is -0.286. The standard InChI is InChI=1S/C23H25N5O3/c1-15-7-5-6-8-20(15)28-22-19(12-25-28)23(30)26(14-24-22)13-21(29)18-11-16(2)27(17(18)3)9-10-31-4/h5-8,11-12,14H,9-10,13H2,1-4H3.